The van der Waals surface area contributed by atoms with E-state index in [0.717, 1.165) is 19.3 Å². The first kappa shape index (κ1) is 24.8. The van der Waals surface area contributed by atoms with Gasteiger partial charge >= 0.3 is 0 Å². The molecule has 1 atom stereocenters. The first-order chi connectivity index (χ1) is 9.67. The van der Waals surface area contributed by atoms with Gasteiger partial charge in [0.05, 0.1) is 7.18 Å². The number of carbonyl (C=O) groups excluding carboxylic acids is 1. The Labute approximate surface area is 127 Å². The van der Waals surface area contributed by atoms with Gasteiger partial charge in [0.2, 0.25) is 0 Å². The molecule has 1 heterocycles. The van der Waals surface area contributed by atoms with Crippen LogP contribution in [0.2, 0.25) is 0 Å². The molecule has 3 N–H and O–H groups in total. The monoisotopic (exact) mass is 310 g/mol. The summed E-state index contributed by atoms with van der Waals surface area (Å²) >= 11 is 0. The lowest BCUT2D eigenvalue weighted by Gasteiger charge is -2.04. The van der Waals surface area contributed by atoms with Gasteiger partial charge in [-0.25, -0.2) is 0 Å². The van der Waals surface area contributed by atoms with Crippen LogP contribution in [0.15, 0.2) is 16.5 Å². The molecule has 0 bridgehead atoms. The maximum absolute atomic E-state index is 9.96. The molecule has 0 fully saturated rings. The summed E-state index contributed by atoms with van der Waals surface area (Å²) in [7, 11) is 0.500. The van der Waals surface area contributed by atoms with Gasteiger partial charge in [-0.3, -0.25) is 9.18 Å². The highest BCUT2D eigenvalue weighted by molar-refractivity contribution is 5.70. The molecule has 0 saturated carbocycles. The predicted molar refractivity (Wildman–Crippen MR) is 83.1 cm³/mol. The number of aliphatic hydroxyl groups is 3. The molecule has 1 aromatic rings. The smallest absolute Gasteiger partial charge is 0.185 e. The van der Waals surface area contributed by atoms with Crippen LogP contribution in [0, 0.1) is 5.92 Å². The number of aliphatic hydroxyl groups excluding tert-OH is 3. The lowest BCUT2D eigenvalue weighted by atomic mass is 10.1. The molecule has 0 amide bonds. The van der Waals surface area contributed by atoms with E-state index in [2.05, 4.69) is 0 Å². The SMILES string of the molecule is C.CC(CO)CCCCO.CF.O=Cc1ccc(CO)o1.[HH]. The third-order valence-electron chi connectivity index (χ3n) is 2.37. The van der Waals surface area contributed by atoms with Gasteiger partial charge in [-0.2, -0.15) is 0 Å². The predicted octanol–water partition coefficient (Wildman–Crippen LogP) is 2.83. The number of hydrogen-bond acceptors (Lipinski definition) is 5. The lowest BCUT2D eigenvalue weighted by Crippen LogP contribution is -2.00. The van der Waals surface area contributed by atoms with Crippen LogP contribution in [-0.4, -0.2) is 42.0 Å². The summed E-state index contributed by atoms with van der Waals surface area (Å²) < 4.78 is 14.3. The zero-order chi connectivity index (χ0) is 15.8. The van der Waals surface area contributed by atoms with Crippen molar-refractivity contribution in [3.63, 3.8) is 0 Å². The summed E-state index contributed by atoms with van der Waals surface area (Å²) in [5.74, 6) is 1.06. The Hall–Kier alpha value is -1.24. The number of furan rings is 1. The topological polar surface area (TPSA) is 90.9 Å². The van der Waals surface area contributed by atoms with Gasteiger partial charge in [-0.05, 0) is 30.9 Å². The van der Waals surface area contributed by atoms with Crippen LogP contribution >= 0.6 is 0 Å². The van der Waals surface area contributed by atoms with Crippen molar-refractivity contribution in [2.24, 2.45) is 5.92 Å². The molecular formula is C15H31FO5. The van der Waals surface area contributed by atoms with Crippen LogP contribution in [0.3, 0.4) is 0 Å². The Bertz CT molecular complexity index is 321. The van der Waals surface area contributed by atoms with E-state index in [-0.39, 0.29) is 34.4 Å². The van der Waals surface area contributed by atoms with Crippen molar-refractivity contribution in [1.82, 2.24) is 0 Å². The molecule has 5 nitrogen and oxygen atoms in total. The van der Waals surface area contributed by atoms with E-state index >= 15 is 0 Å². The van der Waals surface area contributed by atoms with E-state index in [1.54, 1.807) is 6.07 Å². The molecule has 0 radical (unpaired) electrons. The third-order valence-corrected chi connectivity index (χ3v) is 2.37. The van der Waals surface area contributed by atoms with Crippen molar-refractivity contribution >= 4 is 6.29 Å². The Kier molecular flexibility index (Phi) is 22.1. The fourth-order valence-electron chi connectivity index (χ4n) is 1.24. The molecular weight excluding hydrogens is 279 g/mol. The van der Waals surface area contributed by atoms with Crippen LogP contribution in [0.5, 0.6) is 0 Å². The van der Waals surface area contributed by atoms with Crippen LogP contribution in [0.1, 0.15) is 51.4 Å². The average molecular weight is 310 g/mol. The highest BCUT2D eigenvalue weighted by atomic mass is 19.1. The van der Waals surface area contributed by atoms with E-state index in [9.17, 15) is 9.18 Å². The Balaban J connectivity index is -0.000000122. The van der Waals surface area contributed by atoms with Crippen LogP contribution in [0.4, 0.5) is 4.39 Å². The fraction of sp³-hybridized carbons (Fsp3) is 0.667. The molecule has 0 aromatic carbocycles. The number of carbonyl (C=O) groups is 1. The van der Waals surface area contributed by atoms with E-state index in [1.807, 2.05) is 6.92 Å². The first-order valence-electron chi connectivity index (χ1n) is 6.42. The number of aldehydes is 1. The average Bonchev–Trinajstić information content (AvgIpc) is 2.98. The molecule has 0 aliphatic heterocycles. The lowest BCUT2D eigenvalue weighted by molar-refractivity contribution is 0.109. The minimum Gasteiger partial charge on any atom is -0.456 e. The second-order valence-corrected chi connectivity index (χ2v) is 4.09. The number of alkyl halides is 1. The van der Waals surface area contributed by atoms with Gasteiger partial charge in [-0.15, -0.1) is 0 Å². The molecule has 0 saturated heterocycles. The molecule has 6 heteroatoms. The minimum atomic E-state index is -0.159. The molecule has 0 spiro atoms. The van der Waals surface area contributed by atoms with E-state index in [0.29, 0.717) is 25.1 Å². The molecule has 1 rings (SSSR count). The van der Waals surface area contributed by atoms with E-state index in [4.69, 9.17) is 19.7 Å². The number of halogens is 1. The van der Waals surface area contributed by atoms with Gasteiger partial charge in [0.1, 0.15) is 12.4 Å². The second-order valence-electron chi connectivity index (χ2n) is 4.09. The van der Waals surface area contributed by atoms with Crippen LogP contribution in [0.25, 0.3) is 0 Å². The molecule has 0 aliphatic carbocycles. The molecule has 0 aliphatic rings. The van der Waals surface area contributed by atoms with Gasteiger partial charge in [-0.1, -0.05) is 20.8 Å². The summed E-state index contributed by atoms with van der Waals surface area (Å²) in [5.41, 5.74) is 0. The summed E-state index contributed by atoms with van der Waals surface area (Å²) in [6.45, 7) is 2.40. The first-order valence-corrected chi connectivity index (χ1v) is 6.42. The van der Waals surface area contributed by atoms with Crippen molar-refractivity contribution in [3.8, 4) is 0 Å². The third kappa shape index (κ3) is 15.0. The van der Waals surface area contributed by atoms with Crippen LogP contribution < -0.4 is 0 Å². The van der Waals surface area contributed by atoms with E-state index < -0.39 is 0 Å². The van der Waals surface area contributed by atoms with Gasteiger partial charge in [0.15, 0.2) is 12.0 Å². The van der Waals surface area contributed by atoms with E-state index in [1.165, 1.54) is 6.07 Å². The van der Waals surface area contributed by atoms with Gasteiger partial charge in [0.25, 0.3) is 0 Å². The maximum atomic E-state index is 9.96. The minimum absolute atomic E-state index is 0. The Morgan fingerprint density at radius 3 is 2.24 bits per heavy atom. The maximum Gasteiger partial charge on any atom is 0.185 e. The quantitative estimate of drug-likeness (QED) is 0.532. The van der Waals surface area contributed by atoms with Crippen molar-refractivity contribution in [2.75, 3.05) is 20.4 Å². The summed E-state index contributed by atoms with van der Waals surface area (Å²) in [6, 6.07) is 3.07. The molecule has 1 unspecified atom stereocenters. The number of unbranched alkanes of at least 4 members (excludes halogenated alkanes) is 1. The van der Waals surface area contributed by atoms with Crippen molar-refractivity contribution in [1.29, 1.82) is 0 Å². The van der Waals surface area contributed by atoms with Gasteiger partial charge in [0, 0.05) is 14.6 Å². The summed E-state index contributed by atoms with van der Waals surface area (Å²) in [4.78, 5) is 9.96. The zero-order valence-corrected chi connectivity index (χ0v) is 12.1. The van der Waals surface area contributed by atoms with Crippen molar-refractivity contribution in [2.45, 2.75) is 40.2 Å². The Morgan fingerprint density at radius 1 is 1.29 bits per heavy atom. The summed E-state index contributed by atoms with van der Waals surface area (Å²) in [6.07, 6.45) is 3.51. The molecule has 1 aromatic heterocycles. The molecule has 21 heavy (non-hydrogen) atoms. The van der Waals surface area contributed by atoms with Crippen molar-refractivity contribution < 1.29 is 30.3 Å². The summed E-state index contributed by atoms with van der Waals surface area (Å²) in [5, 5.41) is 25.4. The van der Waals surface area contributed by atoms with Gasteiger partial charge < -0.3 is 19.7 Å². The Morgan fingerprint density at radius 2 is 1.90 bits per heavy atom. The molecule has 128 valence electrons. The normalized spacial score (nSPS) is 10.2. The number of rotatable bonds is 7. The van der Waals surface area contributed by atoms with Crippen LogP contribution in [-0.2, 0) is 6.61 Å². The second kappa shape index (κ2) is 18.8. The largest absolute Gasteiger partial charge is 0.456 e. The standard InChI is InChI=1S/C7H16O2.C6H6O3.CH3F.CH4.H2/c1-7(6-9)4-2-3-5-8;7-3-5-1-2-6(4-8)9-5;1-2;;/h7-9H,2-6H2,1H3;1-3,8H,4H2;1H3;1H4;1H. The highest BCUT2D eigenvalue weighted by Crippen LogP contribution is 2.05. The number of hydrogen-bond donors (Lipinski definition) is 3. The highest BCUT2D eigenvalue weighted by Gasteiger charge is 1.97. The fourth-order valence-corrected chi connectivity index (χ4v) is 1.24. The zero-order valence-electron chi connectivity index (χ0n) is 12.1. The van der Waals surface area contributed by atoms with Crippen molar-refractivity contribution in [3.05, 3.63) is 23.7 Å².